The lowest BCUT2D eigenvalue weighted by Crippen LogP contribution is -2.48. The normalized spacial score (nSPS) is 35.5. The van der Waals surface area contributed by atoms with E-state index in [0.717, 1.165) is 45.6 Å². The van der Waals surface area contributed by atoms with Gasteiger partial charge in [0.1, 0.15) is 5.54 Å². The van der Waals surface area contributed by atoms with E-state index in [9.17, 15) is 4.79 Å². The van der Waals surface area contributed by atoms with E-state index in [1.54, 1.807) is 0 Å². The second-order valence-electron chi connectivity index (χ2n) is 5.05. The van der Waals surface area contributed by atoms with Gasteiger partial charge in [-0.15, -0.1) is 0 Å². The van der Waals surface area contributed by atoms with Crippen LogP contribution in [0.5, 0.6) is 0 Å². The summed E-state index contributed by atoms with van der Waals surface area (Å²) < 4.78 is 10.2. The molecule has 98 valence electrons. The van der Waals surface area contributed by atoms with Gasteiger partial charge in [-0.2, -0.15) is 0 Å². The van der Waals surface area contributed by atoms with Crippen LogP contribution in [0, 0.1) is 0 Å². The van der Waals surface area contributed by atoms with Gasteiger partial charge in [0, 0.05) is 25.7 Å². The highest BCUT2D eigenvalue weighted by Gasteiger charge is 2.44. The number of ether oxygens (including phenoxy) is 2. The van der Waals surface area contributed by atoms with Gasteiger partial charge in [-0.1, -0.05) is 0 Å². The largest absolute Gasteiger partial charge is 0.468 e. The highest BCUT2D eigenvalue weighted by molar-refractivity contribution is 5.81. The van der Waals surface area contributed by atoms with Gasteiger partial charge in [0.2, 0.25) is 0 Å². The molecule has 2 unspecified atom stereocenters. The highest BCUT2D eigenvalue weighted by atomic mass is 16.5. The molecular formula is C12H22N2O3. The quantitative estimate of drug-likeness (QED) is 0.697. The van der Waals surface area contributed by atoms with Crippen LogP contribution < -0.4 is 5.73 Å². The Balaban J connectivity index is 1.94. The van der Waals surface area contributed by atoms with Crippen LogP contribution in [0.3, 0.4) is 0 Å². The maximum atomic E-state index is 11.6. The number of carbonyl (C=O) groups is 1. The summed E-state index contributed by atoms with van der Waals surface area (Å²) in [4.78, 5) is 14.0. The van der Waals surface area contributed by atoms with E-state index in [4.69, 9.17) is 15.2 Å². The third kappa shape index (κ3) is 2.78. The first-order valence-corrected chi connectivity index (χ1v) is 6.35. The monoisotopic (exact) mass is 242 g/mol. The van der Waals surface area contributed by atoms with Crippen LogP contribution in [0.2, 0.25) is 0 Å². The number of nitrogens with two attached hydrogens (primary N) is 1. The van der Waals surface area contributed by atoms with Crippen LogP contribution in [0.25, 0.3) is 0 Å². The van der Waals surface area contributed by atoms with Gasteiger partial charge >= 0.3 is 5.97 Å². The molecule has 5 nitrogen and oxygen atoms in total. The molecule has 0 aromatic heterocycles. The van der Waals surface area contributed by atoms with Crippen molar-refractivity contribution in [1.82, 2.24) is 4.90 Å². The Morgan fingerprint density at radius 3 is 3.06 bits per heavy atom. The average molecular weight is 242 g/mol. The molecule has 2 rings (SSSR count). The number of rotatable bonds is 2. The third-order valence-electron chi connectivity index (χ3n) is 3.89. The second-order valence-corrected chi connectivity index (χ2v) is 5.05. The molecule has 0 aromatic rings. The molecule has 2 atom stereocenters. The Hall–Kier alpha value is -0.650. The van der Waals surface area contributed by atoms with E-state index >= 15 is 0 Å². The smallest absolute Gasteiger partial charge is 0.325 e. The Bertz CT molecular complexity index is 277. The Kier molecular flexibility index (Phi) is 4.01. The summed E-state index contributed by atoms with van der Waals surface area (Å²) in [5.41, 5.74) is 5.35. The molecule has 1 aliphatic heterocycles. The molecule has 17 heavy (non-hydrogen) atoms. The molecule has 1 saturated carbocycles. The van der Waals surface area contributed by atoms with Crippen molar-refractivity contribution in [1.29, 1.82) is 0 Å². The summed E-state index contributed by atoms with van der Waals surface area (Å²) in [6.45, 7) is 3.62. The van der Waals surface area contributed by atoms with Gasteiger partial charge in [-0.25, -0.2) is 0 Å². The zero-order valence-electron chi connectivity index (χ0n) is 10.5. The summed E-state index contributed by atoms with van der Waals surface area (Å²) >= 11 is 0. The number of nitrogens with zero attached hydrogens (tertiary/aromatic N) is 1. The maximum absolute atomic E-state index is 11.6. The summed E-state index contributed by atoms with van der Waals surface area (Å²) in [6.07, 6.45) is 3.47. The summed E-state index contributed by atoms with van der Waals surface area (Å²) in [5, 5.41) is 0. The van der Waals surface area contributed by atoms with Crippen molar-refractivity contribution in [2.45, 2.75) is 37.3 Å². The first-order valence-electron chi connectivity index (χ1n) is 6.35. The molecule has 0 aromatic carbocycles. The van der Waals surface area contributed by atoms with Gasteiger partial charge < -0.3 is 15.2 Å². The molecule has 2 aliphatic rings. The van der Waals surface area contributed by atoms with E-state index in [1.165, 1.54) is 7.11 Å². The molecule has 1 saturated heterocycles. The average Bonchev–Trinajstić information content (AvgIpc) is 2.57. The number of methoxy groups -OCH3 is 1. The maximum Gasteiger partial charge on any atom is 0.325 e. The molecule has 0 radical (unpaired) electrons. The summed E-state index contributed by atoms with van der Waals surface area (Å²) in [7, 11) is 1.41. The molecule has 5 heteroatoms. The van der Waals surface area contributed by atoms with Crippen LogP contribution in [0.1, 0.15) is 25.7 Å². The standard InChI is InChI=1S/C12H22N2O3/c1-16-11(15)12(13)4-3-10(9-12)14-5-2-7-17-8-6-14/h10H,2-9,13H2,1H3. The SMILES string of the molecule is COC(=O)C1(N)CCC(N2CCCOCC2)C1. The van der Waals surface area contributed by atoms with E-state index < -0.39 is 5.54 Å². The lowest BCUT2D eigenvalue weighted by molar-refractivity contribution is -0.147. The lowest BCUT2D eigenvalue weighted by atomic mass is 9.99. The van der Waals surface area contributed by atoms with Crippen molar-refractivity contribution in [3.63, 3.8) is 0 Å². The zero-order valence-corrected chi connectivity index (χ0v) is 10.5. The molecule has 0 amide bonds. The predicted octanol–water partition coefficient (Wildman–Crippen LogP) is 0.132. The minimum Gasteiger partial charge on any atom is -0.468 e. The topological polar surface area (TPSA) is 64.8 Å². The second kappa shape index (κ2) is 5.33. The van der Waals surface area contributed by atoms with Crippen molar-refractivity contribution < 1.29 is 14.3 Å². The van der Waals surface area contributed by atoms with Gasteiger partial charge in [0.15, 0.2) is 0 Å². The summed E-state index contributed by atoms with van der Waals surface area (Å²) in [6, 6.07) is 0.404. The molecule has 1 aliphatic carbocycles. The minimum atomic E-state index is -0.771. The fourth-order valence-electron chi connectivity index (χ4n) is 2.88. The zero-order chi connectivity index (χ0) is 12.3. The lowest BCUT2D eigenvalue weighted by Gasteiger charge is -2.28. The van der Waals surface area contributed by atoms with Crippen molar-refractivity contribution in [3.05, 3.63) is 0 Å². The molecule has 0 bridgehead atoms. The molecule has 0 spiro atoms. The van der Waals surface area contributed by atoms with Crippen LogP contribution in [0.15, 0.2) is 0 Å². The van der Waals surface area contributed by atoms with Crippen LogP contribution in [-0.4, -0.2) is 55.9 Å². The van der Waals surface area contributed by atoms with E-state index in [0.29, 0.717) is 12.5 Å². The Morgan fingerprint density at radius 1 is 1.47 bits per heavy atom. The molecule has 1 heterocycles. The minimum absolute atomic E-state index is 0.272. The molecular weight excluding hydrogens is 220 g/mol. The van der Waals surface area contributed by atoms with Crippen LogP contribution in [0.4, 0.5) is 0 Å². The Morgan fingerprint density at radius 2 is 2.29 bits per heavy atom. The van der Waals surface area contributed by atoms with E-state index in [1.807, 2.05) is 0 Å². The van der Waals surface area contributed by atoms with Crippen LogP contribution >= 0.6 is 0 Å². The molecule has 2 N–H and O–H groups in total. The van der Waals surface area contributed by atoms with Crippen LogP contribution in [-0.2, 0) is 14.3 Å². The fraction of sp³-hybridized carbons (Fsp3) is 0.917. The predicted molar refractivity (Wildman–Crippen MR) is 63.6 cm³/mol. The third-order valence-corrected chi connectivity index (χ3v) is 3.89. The number of hydrogen-bond acceptors (Lipinski definition) is 5. The van der Waals surface area contributed by atoms with Gasteiger partial charge in [0.05, 0.1) is 13.7 Å². The highest BCUT2D eigenvalue weighted by Crippen LogP contribution is 2.32. The summed E-state index contributed by atoms with van der Waals surface area (Å²) in [5.74, 6) is -0.272. The first kappa shape index (κ1) is 12.8. The van der Waals surface area contributed by atoms with Gasteiger partial charge in [0.25, 0.3) is 0 Å². The van der Waals surface area contributed by atoms with E-state index in [2.05, 4.69) is 4.90 Å². The molecule has 2 fully saturated rings. The van der Waals surface area contributed by atoms with Crippen molar-refractivity contribution in [3.8, 4) is 0 Å². The van der Waals surface area contributed by atoms with Crippen molar-refractivity contribution in [2.24, 2.45) is 5.73 Å². The van der Waals surface area contributed by atoms with E-state index in [-0.39, 0.29) is 5.97 Å². The van der Waals surface area contributed by atoms with Crippen molar-refractivity contribution in [2.75, 3.05) is 33.4 Å². The number of carbonyl (C=O) groups excluding carboxylic acids is 1. The fourth-order valence-corrected chi connectivity index (χ4v) is 2.88. The first-order chi connectivity index (χ1) is 8.15. The number of esters is 1. The van der Waals surface area contributed by atoms with Gasteiger partial charge in [-0.3, -0.25) is 9.69 Å². The van der Waals surface area contributed by atoms with Crippen molar-refractivity contribution >= 4 is 5.97 Å². The van der Waals surface area contributed by atoms with Gasteiger partial charge in [-0.05, 0) is 25.7 Å². The number of hydrogen-bond donors (Lipinski definition) is 1. The Labute approximate surface area is 102 Å².